The molecule has 0 unspecified atom stereocenters. The van der Waals surface area contributed by atoms with E-state index in [9.17, 15) is 9.18 Å². The normalized spacial score (nSPS) is 31.5. The zero-order chi connectivity index (χ0) is 21.0. The first-order chi connectivity index (χ1) is 13.5. The number of aryl methyl sites for hydroxylation is 2. The first kappa shape index (κ1) is 20.6. The molecule has 0 aromatic heterocycles. The third-order valence-electron chi connectivity index (χ3n) is 6.87. The van der Waals surface area contributed by atoms with Crippen LogP contribution in [0.25, 0.3) is 0 Å². The Morgan fingerprint density at radius 2 is 1.83 bits per heavy atom. The average Bonchev–Trinajstić information content (AvgIpc) is 2.78. The molecule has 29 heavy (non-hydrogen) atoms. The Kier molecular flexibility index (Phi) is 4.96. The van der Waals surface area contributed by atoms with Crippen LogP contribution in [0, 0.1) is 24.7 Å². The second-order valence-corrected chi connectivity index (χ2v) is 10.9. The van der Waals surface area contributed by atoms with Crippen molar-refractivity contribution in [1.82, 2.24) is 0 Å². The van der Waals surface area contributed by atoms with Crippen LogP contribution in [0.2, 0.25) is 0 Å². The number of rotatable bonds is 4. The summed E-state index contributed by atoms with van der Waals surface area (Å²) in [6, 6.07) is 4.33. The predicted molar refractivity (Wildman–Crippen MR) is 115 cm³/mol. The van der Waals surface area contributed by atoms with Gasteiger partial charge in [0.1, 0.15) is 5.67 Å². The summed E-state index contributed by atoms with van der Waals surface area (Å²) >= 11 is 0. The fourth-order valence-corrected chi connectivity index (χ4v) is 5.58. The molecule has 1 N–H and O–H groups in total. The van der Waals surface area contributed by atoms with Gasteiger partial charge >= 0.3 is 0 Å². The van der Waals surface area contributed by atoms with Gasteiger partial charge in [0.15, 0.2) is 0 Å². The number of halogens is 1. The van der Waals surface area contributed by atoms with E-state index in [0.29, 0.717) is 32.3 Å². The Balaban J connectivity index is 1.42. The highest BCUT2D eigenvalue weighted by Gasteiger charge is 2.72. The molecule has 0 spiro atoms. The number of benzene rings is 1. The van der Waals surface area contributed by atoms with Crippen LogP contribution >= 0.6 is 0 Å². The lowest BCUT2D eigenvalue weighted by atomic mass is 9.40. The number of hydrogen-bond donors (Lipinski definition) is 1. The molecule has 1 saturated heterocycles. The van der Waals surface area contributed by atoms with Crippen molar-refractivity contribution in [2.24, 2.45) is 10.8 Å². The maximum Gasteiger partial charge on any atom is 0.224 e. The van der Waals surface area contributed by atoms with Gasteiger partial charge in [0, 0.05) is 36.3 Å². The molecule has 3 saturated carbocycles. The molecule has 1 aromatic carbocycles. The molecule has 3 aliphatic carbocycles. The smallest absolute Gasteiger partial charge is 0.224 e. The van der Waals surface area contributed by atoms with Gasteiger partial charge in [-0.3, -0.25) is 4.79 Å². The number of carbonyl (C=O) groups excluding carboxylic acids is 1. The van der Waals surface area contributed by atoms with Gasteiger partial charge in [-0.1, -0.05) is 20.8 Å². The second-order valence-electron chi connectivity index (χ2n) is 10.9. The molecule has 1 amide bonds. The summed E-state index contributed by atoms with van der Waals surface area (Å²) in [6.07, 6.45) is 3.76. The average molecular weight is 403 g/mol. The van der Waals surface area contributed by atoms with E-state index in [0.717, 1.165) is 36.3 Å². The zero-order valence-corrected chi connectivity index (χ0v) is 18.5. The fourth-order valence-electron chi connectivity index (χ4n) is 5.58. The first-order valence-corrected chi connectivity index (χ1v) is 11.0. The zero-order valence-electron chi connectivity index (χ0n) is 18.5. The SMILES string of the molecule is Cc1cc(N2CCO[C@@H](C34CC(F)(C3)C4)CC2)cc(C)c1NC(=O)CC(C)(C)C. The summed E-state index contributed by atoms with van der Waals surface area (Å²) in [5, 5.41) is 3.11. The third kappa shape index (κ3) is 4.03. The highest BCUT2D eigenvalue weighted by atomic mass is 19.1. The Morgan fingerprint density at radius 3 is 2.38 bits per heavy atom. The molecule has 4 fully saturated rings. The minimum Gasteiger partial charge on any atom is -0.376 e. The molecule has 0 radical (unpaired) electrons. The van der Waals surface area contributed by atoms with Crippen LogP contribution in [0.1, 0.15) is 64.0 Å². The molecule has 1 atom stereocenters. The van der Waals surface area contributed by atoms with E-state index >= 15 is 0 Å². The van der Waals surface area contributed by atoms with Crippen molar-refractivity contribution in [3.05, 3.63) is 23.3 Å². The molecule has 160 valence electrons. The largest absolute Gasteiger partial charge is 0.376 e. The number of ether oxygens (including phenoxy) is 1. The van der Waals surface area contributed by atoms with E-state index in [4.69, 9.17) is 4.74 Å². The summed E-state index contributed by atoms with van der Waals surface area (Å²) in [7, 11) is 0. The van der Waals surface area contributed by atoms with Gasteiger partial charge in [-0.05, 0) is 68.2 Å². The van der Waals surface area contributed by atoms with Crippen molar-refractivity contribution in [3.8, 4) is 0 Å². The molecular formula is C24H35FN2O2. The summed E-state index contributed by atoms with van der Waals surface area (Å²) < 4.78 is 20.1. The predicted octanol–water partition coefficient (Wildman–Crippen LogP) is 5.17. The van der Waals surface area contributed by atoms with Crippen LogP contribution < -0.4 is 10.2 Å². The van der Waals surface area contributed by atoms with Gasteiger partial charge in [-0.15, -0.1) is 0 Å². The number of amides is 1. The lowest BCUT2D eigenvalue weighted by Crippen LogP contribution is -2.69. The molecule has 1 aromatic rings. The topological polar surface area (TPSA) is 41.6 Å². The van der Waals surface area contributed by atoms with Crippen LogP contribution in [0.4, 0.5) is 15.8 Å². The molecule has 5 rings (SSSR count). The quantitative estimate of drug-likeness (QED) is 0.756. The van der Waals surface area contributed by atoms with Gasteiger partial charge in [-0.2, -0.15) is 0 Å². The Labute approximate surface area is 174 Å². The van der Waals surface area contributed by atoms with Crippen LogP contribution in [-0.2, 0) is 9.53 Å². The lowest BCUT2D eigenvalue weighted by molar-refractivity contribution is -0.267. The number of nitrogens with one attached hydrogen (secondary N) is 1. The molecule has 1 aliphatic heterocycles. The van der Waals surface area contributed by atoms with Crippen LogP contribution in [-0.4, -0.2) is 37.4 Å². The summed E-state index contributed by atoms with van der Waals surface area (Å²) in [5.41, 5.74) is 3.50. The fraction of sp³-hybridized carbons (Fsp3) is 0.708. The van der Waals surface area contributed by atoms with Gasteiger partial charge < -0.3 is 15.0 Å². The van der Waals surface area contributed by atoms with Gasteiger partial charge in [0.25, 0.3) is 0 Å². The summed E-state index contributed by atoms with van der Waals surface area (Å²) in [5.74, 6) is 0.0617. The lowest BCUT2D eigenvalue weighted by Gasteiger charge is -2.68. The molecule has 5 heteroatoms. The number of nitrogens with zero attached hydrogens (tertiary/aromatic N) is 1. The van der Waals surface area contributed by atoms with E-state index in [1.165, 1.54) is 5.69 Å². The summed E-state index contributed by atoms with van der Waals surface area (Å²) in [6.45, 7) is 12.8. The summed E-state index contributed by atoms with van der Waals surface area (Å²) in [4.78, 5) is 14.8. The van der Waals surface area contributed by atoms with Crippen LogP contribution in [0.15, 0.2) is 12.1 Å². The molecule has 4 nitrogen and oxygen atoms in total. The van der Waals surface area contributed by atoms with E-state index in [-0.39, 0.29) is 22.8 Å². The van der Waals surface area contributed by atoms with E-state index in [2.05, 4.69) is 57.0 Å². The van der Waals surface area contributed by atoms with Crippen molar-refractivity contribution >= 4 is 17.3 Å². The Morgan fingerprint density at radius 1 is 1.21 bits per heavy atom. The Hall–Kier alpha value is -1.62. The number of anilines is 2. The van der Waals surface area contributed by atoms with Crippen molar-refractivity contribution in [1.29, 1.82) is 0 Å². The first-order valence-electron chi connectivity index (χ1n) is 11.0. The molecule has 1 heterocycles. The van der Waals surface area contributed by atoms with E-state index in [1.807, 2.05) is 0 Å². The molecule has 4 aliphatic rings. The molecule has 2 bridgehead atoms. The van der Waals surface area contributed by atoms with Crippen molar-refractivity contribution < 1.29 is 13.9 Å². The standard InChI is InChI=1S/C24H35FN2O2/c1-16-10-18(11-17(2)21(16)26-20(28)12-22(3,4)5)27-7-6-19(29-9-8-27)23-13-24(25,14-23)15-23/h10-11,19H,6-9,12-15H2,1-5H3,(H,26,28)/t19-,23?,24?/m1/s1. The van der Waals surface area contributed by atoms with E-state index in [1.54, 1.807) is 0 Å². The van der Waals surface area contributed by atoms with Crippen LogP contribution in [0.3, 0.4) is 0 Å². The van der Waals surface area contributed by atoms with Crippen molar-refractivity contribution in [2.75, 3.05) is 29.9 Å². The van der Waals surface area contributed by atoms with Crippen molar-refractivity contribution in [3.63, 3.8) is 0 Å². The van der Waals surface area contributed by atoms with Crippen LogP contribution in [0.5, 0.6) is 0 Å². The highest BCUT2D eigenvalue weighted by molar-refractivity contribution is 5.93. The number of alkyl halides is 1. The Bertz CT molecular complexity index is 771. The monoisotopic (exact) mass is 402 g/mol. The third-order valence-corrected chi connectivity index (χ3v) is 6.87. The van der Waals surface area contributed by atoms with E-state index < -0.39 is 5.67 Å². The maximum atomic E-state index is 13.9. The van der Waals surface area contributed by atoms with Gasteiger partial charge in [0.2, 0.25) is 5.91 Å². The minimum atomic E-state index is -0.864. The number of hydrogen-bond acceptors (Lipinski definition) is 3. The minimum absolute atomic E-state index is 0.0311. The van der Waals surface area contributed by atoms with Crippen molar-refractivity contribution in [2.45, 2.75) is 78.5 Å². The maximum absolute atomic E-state index is 13.9. The van der Waals surface area contributed by atoms with Gasteiger partial charge in [0.05, 0.1) is 12.7 Å². The van der Waals surface area contributed by atoms with Gasteiger partial charge in [-0.25, -0.2) is 4.39 Å². The highest BCUT2D eigenvalue weighted by Crippen LogP contribution is 2.71. The number of carbonyl (C=O) groups is 1. The second kappa shape index (κ2) is 6.97. The molecular weight excluding hydrogens is 367 g/mol.